The Bertz CT molecular complexity index is 1000. The molecule has 0 aliphatic rings. The standard InChI is InChI=1S/C17H12BrN3O5/c1-25-15-8-10(21(23)24)6-7-13(15)19-9-14-17(22)26-16(20-14)11-4-2-3-5-12(11)18/h2-9,22H,1H3. The van der Waals surface area contributed by atoms with Crippen molar-refractivity contribution in [3.63, 3.8) is 0 Å². The van der Waals surface area contributed by atoms with E-state index in [4.69, 9.17) is 9.15 Å². The minimum Gasteiger partial charge on any atom is -0.494 e. The zero-order valence-electron chi connectivity index (χ0n) is 13.4. The van der Waals surface area contributed by atoms with Crippen LogP contribution in [0.2, 0.25) is 0 Å². The van der Waals surface area contributed by atoms with E-state index in [0.717, 1.165) is 4.47 Å². The number of aliphatic imine (C=N–C) groups is 1. The maximum Gasteiger partial charge on any atom is 0.312 e. The van der Waals surface area contributed by atoms with Gasteiger partial charge >= 0.3 is 5.95 Å². The second-order valence-electron chi connectivity index (χ2n) is 5.06. The molecular formula is C17H12BrN3O5. The first-order valence-electron chi connectivity index (χ1n) is 7.31. The van der Waals surface area contributed by atoms with Gasteiger partial charge in [0.15, 0.2) is 11.4 Å². The molecule has 0 atom stereocenters. The number of aromatic nitrogens is 1. The fourth-order valence-corrected chi connectivity index (χ4v) is 2.63. The second-order valence-corrected chi connectivity index (χ2v) is 5.92. The molecule has 0 unspecified atom stereocenters. The van der Waals surface area contributed by atoms with Crippen molar-refractivity contribution in [2.75, 3.05) is 7.11 Å². The number of non-ortho nitro benzene ring substituents is 1. The lowest BCUT2D eigenvalue weighted by molar-refractivity contribution is -0.384. The number of ether oxygens (including phenoxy) is 1. The minimum absolute atomic E-state index is 0.110. The van der Waals surface area contributed by atoms with E-state index in [1.807, 2.05) is 18.2 Å². The Kier molecular flexibility index (Phi) is 4.99. The van der Waals surface area contributed by atoms with Gasteiger partial charge in [-0.3, -0.25) is 15.1 Å². The molecule has 0 saturated carbocycles. The highest BCUT2D eigenvalue weighted by Crippen LogP contribution is 2.33. The molecule has 0 fully saturated rings. The van der Waals surface area contributed by atoms with Gasteiger partial charge in [0.05, 0.1) is 29.9 Å². The van der Waals surface area contributed by atoms with E-state index in [2.05, 4.69) is 25.9 Å². The maximum atomic E-state index is 10.8. The summed E-state index contributed by atoms with van der Waals surface area (Å²) in [6.07, 6.45) is 1.29. The first-order chi connectivity index (χ1) is 12.5. The molecule has 1 N–H and O–H groups in total. The second kappa shape index (κ2) is 7.36. The summed E-state index contributed by atoms with van der Waals surface area (Å²) in [5, 5.41) is 20.8. The van der Waals surface area contributed by atoms with Crippen molar-refractivity contribution < 1.29 is 19.2 Å². The van der Waals surface area contributed by atoms with Crippen LogP contribution >= 0.6 is 15.9 Å². The number of hydrogen-bond acceptors (Lipinski definition) is 7. The van der Waals surface area contributed by atoms with Gasteiger partial charge in [-0.15, -0.1) is 0 Å². The lowest BCUT2D eigenvalue weighted by Crippen LogP contribution is -1.90. The molecule has 9 heteroatoms. The molecule has 1 heterocycles. The fraction of sp³-hybridized carbons (Fsp3) is 0.0588. The number of benzene rings is 2. The van der Waals surface area contributed by atoms with Crippen LogP contribution in [0.25, 0.3) is 11.5 Å². The number of methoxy groups -OCH3 is 1. The number of rotatable bonds is 5. The molecule has 0 aliphatic heterocycles. The Labute approximate surface area is 156 Å². The molecule has 8 nitrogen and oxygen atoms in total. The molecule has 0 bridgehead atoms. The molecule has 132 valence electrons. The van der Waals surface area contributed by atoms with Crippen molar-refractivity contribution >= 4 is 33.5 Å². The zero-order valence-corrected chi connectivity index (χ0v) is 15.0. The molecule has 0 spiro atoms. The quantitative estimate of drug-likeness (QED) is 0.372. The van der Waals surface area contributed by atoms with Crippen molar-refractivity contribution in [2.24, 2.45) is 4.99 Å². The van der Waals surface area contributed by atoms with Crippen LogP contribution < -0.4 is 4.74 Å². The van der Waals surface area contributed by atoms with Crippen molar-refractivity contribution in [3.05, 3.63) is 62.7 Å². The van der Waals surface area contributed by atoms with Crippen LogP contribution in [0.3, 0.4) is 0 Å². The summed E-state index contributed by atoms with van der Waals surface area (Å²) in [7, 11) is 1.39. The van der Waals surface area contributed by atoms with Gasteiger partial charge in [-0.2, -0.15) is 0 Å². The van der Waals surface area contributed by atoms with Crippen molar-refractivity contribution in [2.45, 2.75) is 0 Å². The van der Waals surface area contributed by atoms with Crippen LogP contribution in [-0.4, -0.2) is 28.3 Å². The van der Waals surface area contributed by atoms with Crippen LogP contribution in [0.15, 0.2) is 56.3 Å². The number of nitro groups is 1. The topological polar surface area (TPSA) is 111 Å². The lowest BCUT2D eigenvalue weighted by atomic mass is 10.2. The Balaban J connectivity index is 1.92. The summed E-state index contributed by atoms with van der Waals surface area (Å²) in [6, 6.07) is 11.3. The van der Waals surface area contributed by atoms with Crippen molar-refractivity contribution in [3.8, 4) is 23.1 Å². The van der Waals surface area contributed by atoms with Crippen LogP contribution in [0.5, 0.6) is 11.7 Å². The lowest BCUT2D eigenvalue weighted by Gasteiger charge is -2.03. The number of halogens is 1. The van der Waals surface area contributed by atoms with E-state index < -0.39 is 4.92 Å². The molecule has 26 heavy (non-hydrogen) atoms. The normalized spacial score (nSPS) is 11.0. The van der Waals surface area contributed by atoms with Crippen LogP contribution in [-0.2, 0) is 0 Å². The van der Waals surface area contributed by atoms with Gasteiger partial charge in [-0.1, -0.05) is 12.1 Å². The number of oxazole rings is 1. The van der Waals surface area contributed by atoms with E-state index in [-0.39, 0.29) is 29.0 Å². The first-order valence-corrected chi connectivity index (χ1v) is 8.10. The largest absolute Gasteiger partial charge is 0.494 e. The monoisotopic (exact) mass is 417 g/mol. The summed E-state index contributed by atoms with van der Waals surface area (Å²) in [5.74, 6) is 0.0666. The van der Waals surface area contributed by atoms with Gasteiger partial charge in [0.2, 0.25) is 5.89 Å². The molecule has 0 aliphatic carbocycles. The molecule has 0 amide bonds. The van der Waals surface area contributed by atoms with Gasteiger partial charge in [-0.05, 0) is 34.1 Å². The zero-order chi connectivity index (χ0) is 18.7. The Morgan fingerprint density at radius 1 is 1.35 bits per heavy atom. The summed E-state index contributed by atoms with van der Waals surface area (Å²) >= 11 is 3.39. The average molecular weight is 418 g/mol. The summed E-state index contributed by atoms with van der Waals surface area (Å²) < 4.78 is 11.2. The van der Waals surface area contributed by atoms with Gasteiger partial charge < -0.3 is 14.3 Å². The molecule has 0 radical (unpaired) electrons. The van der Waals surface area contributed by atoms with Crippen molar-refractivity contribution in [1.82, 2.24) is 4.98 Å². The number of hydrogen-bond donors (Lipinski definition) is 1. The van der Waals surface area contributed by atoms with Crippen LogP contribution in [0, 0.1) is 10.1 Å². The van der Waals surface area contributed by atoms with Gasteiger partial charge in [0, 0.05) is 10.5 Å². The molecule has 1 aromatic heterocycles. The minimum atomic E-state index is -0.524. The van der Waals surface area contributed by atoms with Gasteiger partial charge in [-0.25, -0.2) is 4.98 Å². The Morgan fingerprint density at radius 3 is 2.81 bits per heavy atom. The number of nitrogens with zero attached hydrogens (tertiary/aromatic N) is 3. The molecule has 3 rings (SSSR count). The van der Waals surface area contributed by atoms with Crippen molar-refractivity contribution in [1.29, 1.82) is 0 Å². The van der Waals surface area contributed by atoms with Crippen LogP contribution in [0.1, 0.15) is 5.69 Å². The molecule has 2 aromatic carbocycles. The van der Waals surface area contributed by atoms with Gasteiger partial charge in [0.25, 0.3) is 5.69 Å². The summed E-state index contributed by atoms with van der Waals surface area (Å²) in [5.41, 5.74) is 1.04. The predicted molar refractivity (Wildman–Crippen MR) is 98.2 cm³/mol. The van der Waals surface area contributed by atoms with E-state index in [0.29, 0.717) is 11.3 Å². The number of aromatic hydroxyl groups is 1. The van der Waals surface area contributed by atoms with Crippen LogP contribution in [0.4, 0.5) is 11.4 Å². The molecule has 3 aromatic rings. The van der Waals surface area contributed by atoms with E-state index in [1.54, 1.807) is 6.07 Å². The maximum absolute atomic E-state index is 10.8. The summed E-state index contributed by atoms with van der Waals surface area (Å²) in [6.45, 7) is 0. The van der Waals surface area contributed by atoms with E-state index >= 15 is 0 Å². The third-order valence-corrected chi connectivity index (χ3v) is 4.13. The molecule has 0 saturated heterocycles. The average Bonchev–Trinajstić information content (AvgIpc) is 3.00. The SMILES string of the molecule is COc1cc([N+](=O)[O-])ccc1N=Cc1nc(-c2ccccc2Br)oc1O. The highest BCUT2D eigenvalue weighted by Gasteiger charge is 2.15. The number of nitro benzene ring substituents is 1. The fourth-order valence-electron chi connectivity index (χ4n) is 2.18. The predicted octanol–water partition coefficient (Wildman–Crippen LogP) is 4.48. The van der Waals surface area contributed by atoms with Gasteiger partial charge in [0.1, 0.15) is 5.69 Å². The van der Waals surface area contributed by atoms with E-state index in [1.165, 1.54) is 31.5 Å². The smallest absolute Gasteiger partial charge is 0.312 e. The molecular weight excluding hydrogens is 406 g/mol. The highest BCUT2D eigenvalue weighted by atomic mass is 79.9. The third-order valence-electron chi connectivity index (χ3n) is 3.44. The Hall–Kier alpha value is -3.20. The first kappa shape index (κ1) is 17.6. The third kappa shape index (κ3) is 3.57. The Morgan fingerprint density at radius 2 is 2.12 bits per heavy atom. The van der Waals surface area contributed by atoms with E-state index in [9.17, 15) is 15.2 Å². The summed E-state index contributed by atoms with van der Waals surface area (Å²) in [4.78, 5) is 18.7. The highest BCUT2D eigenvalue weighted by molar-refractivity contribution is 9.10.